The first-order valence-electron chi connectivity index (χ1n) is 9.78. The standard InChI is InChI=1S/C21H33N3O2/c1-20(2)11-16(12-21(3,4)24-20)10-19(25)23-18-14-26-13-17(18)9-15-5-7-22-8-6-15/h5-8,16-18,24H,9-14H2,1-4H3,(H,23,25)/t17-,18+/m1/s1. The number of piperidine rings is 1. The molecule has 0 spiro atoms. The lowest BCUT2D eigenvalue weighted by atomic mass is 9.74. The molecule has 0 radical (unpaired) electrons. The zero-order valence-electron chi connectivity index (χ0n) is 16.5. The molecule has 1 amide bonds. The molecule has 2 aliphatic heterocycles. The molecule has 5 heteroatoms. The highest BCUT2D eigenvalue weighted by Gasteiger charge is 2.38. The van der Waals surface area contributed by atoms with E-state index in [-0.39, 0.29) is 23.0 Å². The molecule has 26 heavy (non-hydrogen) atoms. The number of nitrogens with zero attached hydrogens (tertiary/aromatic N) is 1. The van der Waals surface area contributed by atoms with E-state index in [4.69, 9.17) is 4.74 Å². The lowest BCUT2D eigenvalue weighted by Gasteiger charge is -2.46. The molecule has 2 fully saturated rings. The van der Waals surface area contributed by atoms with Crippen molar-refractivity contribution in [1.82, 2.24) is 15.6 Å². The highest BCUT2D eigenvalue weighted by atomic mass is 16.5. The van der Waals surface area contributed by atoms with Crippen molar-refractivity contribution in [3.63, 3.8) is 0 Å². The smallest absolute Gasteiger partial charge is 0.220 e. The molecule has 2 N–H and O–H groups in total. The Hall–Kier alpha value is -1.46. The maximum Gasteiger partial charge on any atom is 0.220 e. The summed E-state index contributed by atoms with van der Waals surface area (Å²) in [6, 6.07) is 4.19. The van der Waals surface area contributed by atoms with Gasteiger partial charge in [-0.2, -0.15) is 0 Å². The predicted octanol–water partition coefficient (Wildman–Crippen LogP) is 2.70. The molecular weight excluding hydrogens is 326 g/mol. The van der Waals surface area contributed by atoms with Crippen molar-refractivity contribution in [2.75, 3.05) is 13.2 Å². The molecule has 5 nitrogen and oxygen atoms in total. The second-order valence-electron chi connectivity index (χ2n) is 9.40. The first kappa shape index (κ1) is 19.3. The number of hydrogen-bond donors (Lipinski definition) is 2. The Bertz CT molecular complexity index is 599. The van der Waals surface area contributed by atoms with Crippen molar-refractivity contribution in [2.24, 2.45) is 11.8 Å². The fourth-order valence-electron chi connectivity index (χ4n) is 4.99. The third-order valence-corrected chi connectivity index (χ3v) is 5.54. The second-order valence-corrected chi connectivity index (χ2v) is 9.40. The summed E-state index contributed by atoms with van der Waals surface area (Å²) < 4.78 is 5.66. The van der Waals surface area contributed by atoms with Crippen LogP contribution in [0.5, 0.6) is 0 Å². The highest BCUT2D eigenvalue weighted by Crippen LogP contribution is 2.34. The van der Waals surface area contributed by atoms with Gasteiger partial charge in [0.25, 0.3) is 0 Å². The number of aromatic nitrogens is 1. The van der Waals surface area contributed by atoms with E-state index >= 15 is 0 Å². The summed E-state index contributed by atoms with van der Waals surface area (Å²) in [5.74, 6) is 0.920. The van der Waals surface area contributed by atoms with Crippen molar-refractivity contribution in [3.05, 3.63) is 30.1 Å². The van der Waals surface area contributed by atoms with Crippen LogP contribution in [0.25, 0.3) is 0 Å². The van der Waals surface area contributed by atoms with Crippen LogP contribution < -0.4 is 10.6 Å². The van der Waals surface area contributed by atoms with E-state index in [1.807, 2.05) is 24.5 Å². The normalized spacial score (nSPS) is 28.0. The van der Waals surface area contributed by atoms with Crippen LogP contribution >= 0.6 is 0 Å². The molecule has 0 aromatic carbocycles. The van der Waals surface area contributed by atoms with Gasteiger partial charge in [0.1, 0.15) is 0 Å². The molecule has 0 unspecified atom stereocenters. The summed E-state index contributed by atoms with van der Waals surface area (Å²) in [6.45, 7) is 10.2. The zero-order valence-corrected chi connectivity index (χ0v) is 16.5. The Morgan fingerprint density at radius 3 is 2.50 bits per heavy atom. The Balaban J connectivity index is 1.54. The van der Waals surface area contributed by atoms with Crippen LogP contribution in [0.15, 0.2) is 24.5 Å². The maximum atomic E-state index is 12.7. The molecule has 1 aromatic heterocycles. The summed E-state index contributed by atoms with van der Waals surface area (Å²) in [7, 11) is 0. The average molecular weight is 360 g/mol. The van der Waals surface area contributed by atoms with Gasteiger partial charge in [-0.05, 0) is 70.6 Å². The van der Waals surface area contributed by atoms with Crippen molar-refractivity contribution < 1.29 is 9.53 Å². The average Bonchev–Trinajstić information content (AvgIpc) is 2.91. The molecule has 0 saturated carbocycles. The monoisotopic (exact) mass is 359 g/mol. The summed E-state index contributed by atoms with van der Waals surface area (Å²) in [5.41, 5.74) is 1.40. The molecule has 0 bridgehead atoms. The second kappa shape index (κ2) is 7.65. The summed E-state index contributed by atoms with van der Waals surface area (Å²) >= 11 is 0. The van der Waals surface area contributed by atoms with Gasteiger partial charge < -0.3 is 15.4 Å². The number of rotatable bonds is 5. The van der Waals surface area contributed by atoms with Gasteiger partial charge in [-0.15, -0.1) is 0 Å². The fourth-order valence-corrected chi connectivity index (χ4v) is 4.99. The summed E-state index contributed by atoms with van der Waals surface area (Å²) in [6.07, 6.45) is 7.23. The van der Waals surface area contributed by atoms with Gasteiger partial charge in [-0.1, -0.05) is 0 Å². The van der Waals surface area contributed by atoms with E-state index in [1.54, 1.807) is 0 Å². The van der Waals surface area contributed by atoms with Gasteiger partial charge in [0.15, 0.2) is 0 Å². The molecule has 2 atom stereocenters. The molecule has 0 aliphatic carbocycles. The van der Waals surface area contributed by atoms with Crippen molar-refractivity contribution in [2.45, 2.75) is 70.5 Å². The van der Waals surface area contributed by atoms with Crippen LogP contribution in [-0.4, -0.2) is 41.2 Å². The number of nitrogens with one attached hydrogen (secondary N) is 2. The third kappa shape index (κ3) is 5.27. The van der Waals surface area contributed by atoms with Gasteiger partial charge in [-0.25, -0.2) is 0 Å². The summed E-state index contributed by atoms with van der Waals surface area (Å²) in [4.78, 5) is 16.8. The van der Waals surface area contributed by atoms with E-state index in [1.165, 1.54) is 5.56 Å². The number of carbonyl (C=O) groups is 1. The Morgan fingerprint density at radius 2 is 1.85 bits per heavy atom. The first-order valence-corrected chi connectivity index (χ1v) is 9.78. The molecule has 3 heterocycles. The van der Waals surface area contributed by atoms with E-state index in [9.17, 15) is 4.79 Å². The highest BCUT2D eigenvalue weighted by molar-refractivity contribution is 5.76. The Morgan fingerprint density at radius 1 is 1.19 bits per heavy atom. The minimum Gasteiger partial charge on any atom is -0.379 e. The number of amides is 1. The Labute approximate surface area is 157 Å². The van der Waals surface area contributed by atoms with Crippen LogP contribution in [0, 0.1) is 11.8 Å². The van der Waals surface area contributed by atoms with Crippen LogP contribution in [0.4, 0.5) is 0 Å². The number of hydrogen-bond acceptors (Lipinski definition) is 4. The number of ether oxygens (including phenoxy) is 1. The molecule has 3 rings (SSSR count). The van der Waals surface area contributed by atoms with Crippen molar-refractivity contribution >= 4 is 5.91 Å². The van der Waals surface area contributed by atoms with E-state index in [0.717, 1.165) is 19.3 Å². The lowest BCUT2D eigenvalue weighted by molar-refractivity contribution is -0.123. The van der Waals surface area contributed by atoms with Crippen LogP contribution in [0.3, 0.4) is 0 Å². The largest absolute Gasteiger partial charge is 0.379 e. The Kier molecular flexibility index (Phi) is 5.68. The molecule has 2 aliphatic rings. The summed E-state index contributed by atoms with van der Waals surface area (Å²) in [5, 5.41) is 6.94. The van der Waals surface area contributed by atoms with Crippen LogP contribution in [0.2, 0.25) is 0 Å². The van der Waals surface area contributed by atoms with Crippen molar-refractivity contribution in [3.8, 4) is 0 Å². The minimum absolute atomic E-state index is 0.0764. The van der Waals surface area contributed by atoms with E-state index in [2.05, 4.69) is 43.3 Å². The maximum absolute atomic E-state index is 12.7. The third-order valence-electron chi connectivity index (χ3n) is 5.54. The molecule has 2 saturated heterocycles. The zero-order chi connectivity index (χ0) is 18.8. The molecule has 144 valence electrons. The van der Waals surface area contributed by atoms with Gasteiger partial charge in [-0.3, -0.25) is 9.78 Å². The quantitative estimate of drug-likeness (QED) is 0.848. The van der Waals surface area contributed by atoms with Gasteiger partial charge in [0, 0.05) is 35.8 Å². The number of carbonyl (C=O) groups excluding carboxylic acids is 1. The SMILES string of the molecule is CC1(C)CC(CC(=O)N[C@H]2COC[C@H]2Cc2ccncc2)CC(C)(C)N1. The fraction of sp³-hybridized carbons (Fsp3) is 0.714. The first-order chi connectivity index (χ1) is 12.2. The molecule has 1 aromatic rings. The van der Waals surface area contributed by atoms with Gasteiger partial charge >= 0.3 is 0 Å². The van der Waals surface area contributed by atoms with Crippen molar-refractivity contribution in [1.29, 1.82) is 0 Å². The van der Waals surface area contributed by atoms with Gasteiger partial charge in [0.2, 0.25) is 5.91 Å². The predicted molar refractivity (Wildman–Crippen MR) is 103 cm³/mol. The topological polar surface area (TPSA) is 63.2 Å². The van der Waals surface area contributed by atoms with Crippen LogP contribution in [0.1, 0.15) is 52.5 Å². The number of pyridine rings is 1. The van der Waals surface area contributed by atoms with Gasteiger partial charge in [0.05, 0.1) is 19.3 Å². The minimum atomic E-state index is 0.0764. The van der Waals surface area contributed by atoms with Crippen LogP contribution in [-0.2, 0) is 16.0 Å². The lowest BCUT2D eigenvalue weighted by Crippen LogP contribution is -2.58. The van der Waals surface area contributed by atoms with E-state index in [0.29, 0.717) is 31.5 Å². The van der Waals surface area contributed by atoms with E-state index < -0.39 is 0 Å². The molecular formula is C21H33N3O2.